The van der Waals surface area contributed by atoms with Gasteiger partial charge in [0, 0.05) is 10.4 Å². The highest BCUT2D eigenvalue weighted by molar-refractivity contribution is 7.11. The van der Waals surface area contributed by atoms with Crippen molar-refractivity contribution in [2.45, 2.75) is 19.9 Å². The standard InChI is InChI=1S/C13H15FN2S/c1-8-13(17-9(2)16-8)12(15-3)10-6-4-5-7-11(10)14/h4-7,12,15H,1-3H3. The van der Waals surface area contributed by atoms with Crippen LogP contribution in [0.25, 0.3) is 0 Å². The van der Waals surface area contributed by atoms with E-state index in [9.17, 15) is 4.39 Å². The van der Waals surface area contributed by atoms with Gasteiger partial charge in [0.25, 0.3) is 0 Å². The van der Waals surface area contributed by atoms with Crippen LogP contribution < -0.4 is 5.32 Å². The van der Waals surface area contributed by atoms with E-state index in [2.05, 4.69) is 10.3 Å². The first kappa shape index (κ1) is 12.2. The summed E-state index contributed by atoms with van der Waals surface area (Å²) in [6, 6.07) is 6.73. The Hall–Kier alpha value is -1.26. The Bertz CT molecular complexity index is 522. The van der Waals surface area contributed by atoms with Crippen LogP contribution in [0.4, 0.5) is 4.39 Å². The van der Waals surface area contributed by atoms with Crippen LogP contribution in [-0.2, 0) is 0 Å². The van der Waals surface area contributed by atoms with Crippen LogP contribution in [0.2, 0.25) is 0 Å². The van der Waals surface area contributed by atoms with Crippen LogP contribution in [0.3, 0.4) is 0 Å². The summed E-state index contributed by atoms with van der Waals surface area (Å²) in [5.74, 6) is -0.183. The minimum Gasteiger partial charge on any atom is -0.309 e. The summed E-state index contributed by atoms with van der Waals surface area (Å²) >= 11 is 1.61. The van der Waals surface area contributed by atoms with E-state index in [1.165, 1.54) is 6.07 Å². The van der Waals surface area contributed by atoms with Crippen molar-refractivity contribution < 1.29 is 4.39 Å². The highest BCUT2D eigenvalue weighted by atomic mass is 32.1. The monoisotopic (exact) mass is 250 g/mol. The van der Waals surface area contributed by atoms with E-state index in [0.29, 0.717) is 5.56 Å². The molecule has 0 aliphatic heterocycles. The summed E-state index contributed by atoms with van der Waals surface area (Å²) in [6.07, 6.45) is 0. The summed E-state index contributed by atoms with van der Waals surface area (Å²) in [5, 5.41) is 4.17. The van der Waals surface area contributed by atoms with Gasteiger partial charge in [0.05, 0.1) is 16.7 Å². The van der Waals surface area contributed by atoms with Gasteiger partial charge in [0.1, 0.15) is 5.82 Å². The number of thiazole rings is 1. The molecule has 0 radical (unpaired) electrons. The van der Waals surface area contributed by atoms with Crippen molar-refractivity contribution in [3.8, 4) is 0 Å². The maximum Gasteiger partial charge on any atom is 0.128 e. The zero-order chi connectivity index (χ0) is 12.4. The lowest BCUT2D eigenvalue weighted by molar-refractivity contribution is 0.578. The number of nitrogens with zero attached hydrogens (tertiary/aromatic N) is 1. The summed E-state index contributed by atoms with van der Waals surface area (Å²) in [4.78, 5) is 5.47. The molecule has 0 spiro atoms. The highest BCUT2D eigenvalue weighted by Crippen LogP contribution is 2.30. The fourth-order valence-electron chi connectivity index (χ4n) is 1.95. The Morgan fingerprint density at radius 1 is 1.29 bits per heavy atom. The lowest BCUT2D eigenvalue weighted by Crippen LogP contribution is -2.18. The largest absolute Gasteiger partial charge is 0.309 e. The molecule has 0 fully saturated rings. The van der Waals surface area contributed by atoms with Gasteiger partial charge in [-0.25, -0.2) is 9.37 Å². The molecule has 1 unspecified atom stereocenters. The number of halogens is 1. The van der Waals surface area contributed by atoms with Crippen LogP contribution in [0.15, 0.2) is 24.3 Å². The van der Waals surface area contributed by atoms with Gasteiger partial charge in [-0.2, -0.15) is 0 Å². The second-order valence-electron chi connectivity index (χ2n) is 3.93. The number of hydrogen-bond donors (Lipinski definition) is 1. The van der Waals surface area contributed by atoms with Crippen LogP contribution in [-0.4, -0.2) is 12.0 Å². The summed E-state index contributed by atoms with van der Waals surface area (Å²) in [5.41, 5.74) is 1.64. The molecule has 0 amide bonds. The topological polar surface area (TPSA) is 24.9 Å². The molecule has 0 aliphatic carbocycles. The first-order valence-electron chi connectivity index (χ1n) is 5.49. The predicted molar refractivity (Wildman–Crippen MR) is 68.9 cm³/mol. The van der Waals surface area contributed by atoms with Gasteiger partial charge in [-0.1, -0.05) is 18.2 Å². The highest BCUT2D eigenvalue weighted by Gasteiger charge is 2.20. The minimum absolute atomic E-state index is 0.123. The number of rotatable bonds is 3. The normalized spacial score (nSPS) is 12.7. The molecule has 0 saturated heterocycles. The number of nitrogens with one attached hydrogen (secondary N) is 1. The minimum atomic E-state index is -0.183. The maximum absolute atomic E-state index is 13.8. The Kier molecular flexibility index (Phi) is 3.54. The van der Waals surface area contributed by atoms with Crippen LogP contribution in [0.1, 0.15) is 27.2 Å². The van der Waals surface area contributed by atoms with Crippen molar-refractivity contribution in [1.29, 1.82) is 0 Å². The molecule has 0 saturated carbocycles. The van der Waals surface area contributed by atoms with Crippen LogP contribution in [0.5, 0.6) is 0 Å². The fraction of sp³-hybridized carbons (Fsp3) is 0.308. The van der Waals surface area contributed by atoms with E-state index < -0.39 is 0 Å². The number of benzene rings is 1. The average molecular weight is 250 g/mol. The number of aryl methyl sites for hydroxylation is 2. The smallest absolute Gasteiger partial charge is 0.128 e. The van der Waals surface area contributed by atoms with Gasteiger partial charge in [-0.3, -0.25) is 0 Å². The molecule has 0 aliphatic rings. The SMILES string of the molecule is CNC(c1ccccc1F)c1sc(C)nc1C. The van der Waals surface area contributed by atoms with Crippen molar-refractivity contribution in [2.24, 2.45) is 0 Å². The van der Waals surface area contributed by atoms with Gasteiger partial charge < -0.3 is 5.32 Å². The Balaban J connectivity index is 2.47. The molecule has 2 rings (SSSR count). The fourth-order valence-corrected chi connectivity index (χ4v) is 3.01. The van der Waals surface area contributed by atoms with E-state index in [1.54, 1.807) is 17.4 Å². The van der Waals surface area contributed by atoms with Gasteiger partial charge in [0.15, 0.2) is 0 Å². The Morgan fingerprint density at radius 3 is 2.53 bits per heavy atom. The third kappa shape index (κ3) is 2.37. The third-order valence-electron chi connectivity index (χ3n) is 2.71. The van der Waals surface area contributed by atoms with E-state index in [1.807, 2.05) is 33.0 Å². The van der Waals surface area contributed by atoms with Crippen molar-refractivity contribution in [3.05, 3.63) is 51.2 Å². The lowest BCUT2D eigenvalue weighted by Gasteiger charge is -2.16. The van der Waals surface area contributed by atoms with E-state index in [0.717, 1.165) is 15.6 Å². The maximum atomic E-state index is 13.8. The van der Waals surface area contributed by atoms with E-state index >= 15 is 0 Å². The van der Waals surface area contributed by atoms with Crippen molar-refractivity contribution in [2.75, 3.05) is 7.05 Å². The predicted octanol–water partition coefficient (Wildman–Crippen LogP) is 3.21. The summed E-state index contributed by atoms with van der Waals surface area (Å²) < 4.78 is 13.8. The van der Waals surface area contributed by atoms with E-state index in [4.69, 9.17) is 0 Å². The second kappa shape index (κ2) is 4.94. The van der Waals surface area contributed by atoms with Gasteiger partial charge in [-0.15, -0.1) is 11.3 Å². The zero-order valence-electron chi connectivity index (χ0n) is 10.1. The summed E-state index contributed by atoms with van der Waals surface area (Å²) in [6.45, 7) is 3.93. The summed E-state index contributed by atoms with van der Waals surface area (Å²) in [7, 11) is 1.84. The first-order chi connectivity index (χ1) is 8.13. The first-order valence-corrected chi connectivity index (χ1v) is 6.30. The molecule has 1 aromatic carbocycles. The van der Waals surface area contributed by atoms with Gasteiger partial charge in [0.2, 0.25) is 0 Å². The zero-order valence-corrected chi connectivity index (χ0v) is 10.9. The molecule has 2 nitrogen and oxygen atoms in total. The third-order valence-corrected chi connectivity index (χ3v) is 3.84. The molecular weight excluding hydrogens is 235 g/mol. The Morgan fingerprint density at radius 2 is 2.00 bits per heavy atom. The lowest BCUT2D eigenvalue weighted by atomic mass is 10.0. The molecular formula is C13H15FN2S. The molecule has 1 atom stereocenters. The molecule has 2 aromatic rings. The van der Waals surface area contributed by atoms with Gasteiger partial charge in [-0.05, 0) is 27.0 Å². The number of hydrogen-bond acceptors (Lipinski definition) is 3. The van der Waals surface area contributed by atoms with Crippen molar-refractivity contribution >= 4 is 11.3 Å². The molecule has 1 N–H and O–H groups in total. The van der Waals surface area contributed by atoms with Gasteiger partial charge >= 0.3 is 0 Å². The Labute approximate surface area is 105 Å². The average Bonchev–Trinajstić information content (AvgIpc) is 2.62. The number of aromatic nitrogens is 1. The molecule has 1 aromatic heterocycles. The quantitative estimate of drug-likeness (QED) is 0.904. The van der Waals surface area contributed by atoms with Crippen LogP contribution in [0, 0.1) is 19.7 Å². The van der Waals surface area contributed by atoms with Crippen molar-refractivity contribution in [1.82, 2.24) is 10.3 Å². The second-order valence-corrected chi connectivity index (χ2v) is 5.16. The van der Waals surface area contributed by atoms with E-state index in [-0.39, 0.29) is 11.9 Å². The molecule has 4 heteroatoms. The molecule has 0 bridgehead atoms. The van der Waals surface area contributed by atoms with Crippen LogP contribution >= 0.6 is 11.3 Å². The molecule has 90 valence electrons. The molecule has 17 heavy (non-hydrogen) atoms. The van der Waals surface area contributed by atoms with Crippen molar-refractivity contribution in [3.63, 3.8) is 0 Å². The molecule has 1 heterocycles.